The lowest BCUT2D eigenvalue weighted by atomic mass is 10.1. The highest BCUT2D eigenvalue weighted by Gasteiger charge is 2.19. The molecule has 0 saturated carbocycles. The van der Waals surface area contributed by atoms with Crippen molar-refractivity contribution in [1.29, 1.82) is 0 Å². The molecule has 4 rings (SSSR count). The van der Waals surface area contributed by atoms with E-state index in [0.29, 0.717) is 28.2 Å². The molecule has 1 amide bonds. The highest BCUT2D eigenvalue weighted by atomic mass is 32.2. The van der Waals surface area contributed by atoms with Crippen molar-refractivity contribution in [1.82, 2.24) is 15.2 Å². The maximum atomic E-state index is 12.5. The number of nitrogens with one attached hydrogen (secondary N) is 2. The second-order valence-corrected chi connectivity index (χ2v) is 7.64. The van der Waals surface area contributed by atoms with Crippen LogP contribution in [0.5, 0.6) is 11.5 Å². The number of carbonyl (C=O) groups excluding carboxylic acids is 1. The first-order valence-electron chi connectivity index (χ1n) is 9.01. The molecule has 1 aliphatic rings. The van der Waals surface area contributed by atoms with E-state index in [1.807, 2.05) is 19.1 Å². The fraction of sp³-hybridized carbons (Fsp3) is 0.250. The van der Waals surface area contributed by atoms with Gasteiger partial charge in [-0.3, -0.25) is 9.89 Å². The lowest BCUT2D eigenvalue weighted by molar-refractivity contribution is -0.115. The van der Waals surface area contributed by atoms with Crippen LogP contribution >= 0.6 is 11.8 Å². The Labute approximate surface area is 166 Å². The molecule has 2 aromatic carbocycles. The predicted molar refractivity (Wildman–Crippen MR) is 108 cm³/mol. The van der Waals surface area contributed by atoms with Gasteiger partial charge in [-0.1, -0.05) is 43.0 Å². The highest BCUT2D eigenvalue weighted by Crippen LogP contribution is 2.34. The summed E-state index contributed by atoms with van der Waals surface area (Å²) < 4.78 is 10.6. The van der Waals surface area contributed by atoms with E-state index in [9.17, 15) is 4.79 Å². The number of hydrogen-bond acceptors (Lipinski definition) is 6. The molecular formula is C20H20N4O3S. The predicted octanol–water partition coefficient (Wildman–Crippen LogP) is 3.88. The fourth-order valence-corrected chi connectivity index (χ4v) is 3.48. The Morgan fingerprint density at radius 1 is 1.21 bits per heavy atom. The summed E-state index contributed by atoms with van der Waals surface area (Å²) in [4.78, 5) is 17.0. The van der Waals surface area contributed by atoms with Crippen LogP contribution in [0.25, 0.3) is 11.4 Å². The number of aryl methyl sites for hydroxylation is 1. The van der Waals surface area contributed by atoms with Gasteiger partial charge in [0.15, 0.2) is 17.3 Å². The zero-order chi connectivity index (χ0) is 19.5. The molecule has 1 aliphatic heterocycles. The highest BCUT2D eigenvalue weighted by molar-refractivity contribution is 8.00. The van der Waals surface area contributed by atoms with Crippen LogP contribution in [0.4, 0.5) is 5.69 Å². The van der Waals surface area contributed by atoms with Crippen molar-refractivity contribution < 1.29 is 14.3 Å². The average molecular weight is 396 g/mol. The van der Waals surface area contributed by atoms with Gasteiger partial charge < -0.3 is 14.8 Å². The minimum atomic E-state index is -0.364. The number of carbonyl (C=O) groups is 1. The number of rotatable bonds is 6. The number of thioether (sulfide) groups is 1. The van der Waals surface area contributed by atoms with E-state index in [1.54, 1.807) is 18.2 Å². The van der Waals surface area contributed by atoms with E-state index in [0.717, 1.165) is 12.0 Å². The second-order valence-electron chi connectivity index (χ2n) is 6.33. The third-order valence-electron chi connectivity index (χ3n) is 4.39. The molecule has 2 heterocycles. The van der Waals surface area contributed by atoms with Crippen LogP contribution in [0, 0.1) is 0 Å². The number of hydrogen-bond donors (Lipinski definition) is 2. The van der Waals surface area contributed by atoms with E-state index in [2.05, 4.69) is 39.6 Å². The molecule has 0 unspecified atom stereocenters. The third-order valence-corrected chi connectivity index (χ3v) is 5.35. The summed E-state index contributed by atoms with van der Waals surface area (Å²) in [7, 11) is 0. The van der Waals surface area contributed by atoms with Gasteiger partial charge >= 0.3 is 0 Å². The zero-order valence-corrected chi connectivity index (χ0v) is 16.4. The first-order valence-corrected chi connectivity index (χ1v) is 9.89. The van der Waals surface area contributed by atoms with E-state index in [4.69, 9.17) is 9.47 Å². The molecule has 0 saturated heterocycles. The van der Waals surface area contributed by atoms with Gasteiger partial charge in [-0.15, -0.1) is 5.10 Å². The molecule has 1 atom stereocenters. The normalized spacial score (nSPS) is 13.4. The second kappa shape index (κ2) is 7.93. The van der Waals surface area contributed by atoms with E-state index in [1.165, 1.54) is 17.3 Å². The van der Waals surface area contributed by atoms with E-state index >= 15 is 0 Å². The van der Waals surface area contributed by atoms with Gasteiger partial charge in [0.2, 0.25) is 17.9 Å². The molecule has 7 nitrogen and oxygen atoms in total. The number of ether oxygens (including phenoxy) is 2. The number of amides is 1. The molecule has 0 aliphatic carbocycles. The third kappa shape index (κ3) is 3.96. The number of fused-ring (bicyclic) bond motifs is 1. The summed E-state index contributed by atoms with van der Waals surface area (Å²) in [5.41, 5.74) is 2.90. The van der Waals surface area contributed by atoms with Crippen molar-refractivity contribution >= 4 is 23.4 Å². The summed E-state index contributed by atoms with van der Waals surface area (Å²) in [6.07, 6.45) is 0.994. The van der Waals surface area contributed by atoms with Crippen molar-refractivity contribution in [2.75, 3.05) is 12.1 Å². The van der Waals surface area contributed by atoms with Crippen LogP contribution in [0.15, 0.2) is 47.6 Å². The van der Waals surface area contributed by atoms with Crippen LogP contribution in [-0.4, -0.2) is 33.1 Å². The molecule has 144 valence electrons. The van der Waals surface area contributed by atoms with E-state index < -0.39 is 0 Å². The summed E-state index contributed by atoms with van der Waals surface area (Å²) in [6, 6.07) is 13.5. The number of H-pyrrole nitrogens is 1. The molecule has 8 heteroatoms. The van der Waals surface area contributed by atoms with Crippen LogP contribution in [-0.2, 0) is 11.2 Å². The SMILES string of the molecule is CCc1ccc(-c2nc(S[C@H](C)C(=O)Nc3ccc4c(c3)OCO4)n[nH]2)cc1. The average Bonchev–Trinajstić information content (AvgIpc) is 3.37. The molecule has 2 N–H and O–H groups in total. The van der Waals surface area contributed by atoms with Crippen molar-refractivity contribution in [2.24, 2.45) is 0 Å². The van der Waals surface area contributed by atoms with Gasteiger partial charge in [0.05, 0.1) is 5.25 Å². The van der Waals surface area contributed by atoms with Crippen LogP contribution in [0.2, 0.25) is 0 Å². The Morgan fingerprint density at radius 3 is 2.79 bits per heavy atom. The Balaban J connectivity index is 1.38. The summed E-state index contributed by atoms with van der Waals surface area (Å²) in [5, 5.41) is 10.2. The van der Waals surface area contributed by atoms with Gasteiger partial charge in [0.25, 0.3) is 0 Å². The van der Waals surface area contributed by atoms with Gasteiger partial charge in [-0.25, -0.2) is 4.98 Å². The quantitative estimate of drug-likeness (QED) is 0.615. The number of anilines is 1. The Hall–Kier alpha value is -3.00. The Kier molecular flexibility index (Phi) is 5.21. The lowest BCUT2D eigenvalue weighted by Gasteiger charge is -2.10. The molecule has 0 bridgehead atoms. The first-order chi connectivity index (χ1) is 13.6. The van der Waals surface area contributed by atoms with Crippen molar-refractivity contribution in [3.63, 3.8) is 0 Å². The van der Waals surface area contributed by atoms with Crippen LogP contribution < -0.4 is 14.8 Å². The smallest absolute Gasteiger partial charge is 0.237 e. The molecular weight excluding hydrogens is 376 g/mol. The van der Waals surface area contributed by atoms with Gasteiger partial charge in [-0.05, 0) is 31.0 Å². The molecule has 3 aromatic rings. The molecule has 0 fully saturated rings. The first kappa shape index (κ1) is 18.4. The molecule has 28 heavy (non-hydrogen) atoms. The maximum Gasteiger partial charge on any atom is 0.237 e. The van der Waals surface area contributed by atoms with E-state index in [-0.39, 0.29) is 18.0 Å². The minimum Gasteiger partial charge on any atom is -0.454 e. The molecule has 0 spiro atoms. The molecule has 0 radical (unpaired) electrons. The maximum absolute atomic E-state index is 12.5. The Morgan fingerprint density at radius 2 is 2.00 bits per heavy atom. The lowest BCUT2D eigenvalue weighted by Crippen LogP contribution is -2.22. The topological polar surface area (TPSA) is 89.1 Å². The van der Waals surface area contributed by atoms with Crippen LogP contribution in [0.3, 0.4) is 0 Å². The number of nitrogens with zero attached hydrogens (tertiary/aromatic N) is 2. The summed E-state index contributed by atoms with van der Waals surface area (Å²) in [6.45, 7) is 4.14. The fourth-order valence-electron chi connectivity index (χ4n) is 2.76. The largest absolute Gasteiger partial charge is 0.454 e. The summed E-state index contributed by atoms with van der Waals surface area (Å²) in [5.74, 6) is 1.86. The minimum absolute atomic E-state index is 0.137. The van der Waals surface area contributed by atoms with Gasteiger partial charge in [0, 0.05) is 17.3 Å². The zero-order valence-electron chi connectivity index (χ0n) is 15.6. The van der Waals surface area contributed by atoms with Gasteiger partial charge in [0.1, 0.15) is 0 Å². The number of aromatic amines is 1. The van der Waals surface area contributed by atoms with Gasteiger partial charge in [-0.2, -0.15) is 0 Å². The summed E-state index contributed by atoms with van der Waals surface area (Å²) >= 11 is 1.30. The number of aromatic nitrogens is 3. The molecule has 1 aromatic heterocycles. The number of benzene rings is 2. The van der Waals surface area contributed by atoms with Crippen molar-refractivity contribution in [3.8, 4) is 22.9 Å². The van der Waals surface area contributed by atoms with Crippen molar-refractivity contribution in [2.45, 2.75) is 30.7 Å². The van der Waals surface area contributed by atoms with Crippen molar-refractivity contribution in [3.05, 3.63) is 48.0 Å². The van der Waals surface area contributed by atoms with Crippen LogP contribution in [0.1, 0.15) is 19.4 Å². The standard InChI is InChI=1S/C20H20N4O3S/c1-3-13-4-6-14(7-5-13)18-22-20(24-23-18)28-12(2)19(25)21-15-8-9-16-17(10-15)27-11-26-16/h4-10,12H,3,11H2,1-2H3,(H,21,25)(H,22,23,24)/t12-/m1/s1. The monoisotopic (exact) mass is 396 g/mol. The Bertz CT molecular complexity index is 987.